The predicted octanol–water partition coefficient (Wildman–Crippen LogP) is 4.18. The number of benzene rings is 1. The number of nitrogens with one attached hydrogen (secondary N) is 1. The average Bonchev–Trinajstić information content (AvgIpc) is 2.44. The first-order valence-electron chi connectivity index (χ1n) is 5.44. The standard InChI is InChI=1S/C11H7Cl3N4O3/c1-15-11-16-4-7(14)10(17-11)21-9-3-6(13)5(12)2-8(9)18(19)20/h2-4H,1H3,(H,15,16,17). The smallest absolute Gasteiger partial charge is 0.313 e. The van der Waals surface area contributed by atoms with Gasteiger partial charge in [0.15, 0.2) is 0 Å². The maximum atomic E-state index is 11.0. The van der Waals surface area contributed by atoms with Crippen LogP contribution in [0.3, 0.4) is 0 Å². The molecule has 2 aromatic rings. The highest BCUT2D eigenvalue weighted by atomic mass is 35.5. The summed E-state index contributed by atoms with van der Waals surface area (Å²) < 4.78 is 5.37. The van der Waals surface area contributed by atoms with Crippen molar-refractivity contribution in [2.24, 2.45) is 0 Å². The molecule has 0 saturated carbocycles. The largest absolute Gasteiger partial charge is 0.430 e. The number of nitrogens with zero attached hydrogens (tertiary/aromatic N) is 3. The summed E-state index contributed by atoms with van der Waals surface area (Å²) in [5, 5.41) is 14.0. The maximum absolute atomic E-state index is 11.0. The molecule has 0 aliphatic carbocycles. The predicted molar refractivity (Wildman–Crippen MR) is 79.8 cm³/mol. The van der Waals surface area contributed by atoms with E-state index in [-0.39, 0.29) is 38.3 Å². The second-order valence-corrected chi connectivity index (χ2v) is 4.91. The van der Waals surface area contributed by atoms with Crippen LogP contribution in [0.2, 0.25) is 15.1 Å². The number of hydrogen-bond donors (Lipinski definition) is 1. The Labute approximate surface area is 134 Å². The van der Waals surface area contributed by atoms with E-state index in [4.69, 9.17) is 39.5 Å². The number of rotatable bonds is 4. The van der Waals surface area contributed by atoms with E-state index >= 15 is 0 Å². The van der Waals surface area contributed by atoms with Crippen molar-refractivity contribution in [2.45, 2.75) is 0 Å². The SMILES string of the molecule is CNc1ncc(Cl)c(Oc2cc(Cl)c(Cl)cc2[N+](=O)[O-])n1. The van der Waals surface area contributed by atoms with Gasteiger partial charge >= 0.3 is 5.69 Å². The fourth-order valence-electron chi connectivity index (χ4n) is 1.39. The summed E-state index contributed by atoms with van der Waals surface area (Å²) in [6, 6.07) is 2.31. The third-order valence-electron chi connectivity index (χ3n) is 2.34. The zero-order valence-electron chi connectivity index (χ0n) is 10.4. The molecule has 0 unspecified atom stereocenters. The molecule has 1 aromatic heterocycles. The third-order valence-corrected chi connectivity index (χ3v) is 3.32. The van der Waals surface area contributed by atoms with Crippen molar-refractivity contribution in [1.29, 1.82) is 0 Å². The van der Waals surface area contributed by atoms with E-state index in [2.05, 4.69) is 15.3 Å². The molecule has 1 N–H and O–H groups in total. The molecule has 0 atom stereocenters. The first-order valence-corrected chi connectivity index (χ1v) is 6.57. The first kappa shape index (κ1) is 15.6. The highest BCUT2D eigenvalue weighted by molar-refractivity contribution is 6.42. The Bertz CT molecular complexity index is 711. The fourth-order valence-corrected chi connectivity index (χ4v) is 1.83. The van der Waals surface area contributed by atoms with Crippen molar-refractivity contribution in [3.63, 3.8) is 0 Å². The Morgan fingerprint density at radius 1 is 1.24 bits per heavy atom. The molecule has 0 fully saturated rings. The van der Waals surface area contributed by atoms with Crippen molar-refractivity contribution in [3.05, 3.63) is 43.5 Å². The second-order valence-electron chi connectivity index (χ2n) is 3.69. The van der Waals surface area contributed by atoms with Crippen molar-refractivity contribution < 1.29 is 9.66 Å². The van der Waals surface area contributed by atoms with Gasteiger partial charge in [0.2, 0.25) is 17.6 Å². The Kier molecular flexibility index (Phi) is 4.66. The van der Waals surface area contributed by atoms with Crippen LogP contribution in [-0.4, -0.2) is 21.9 Å². The maximum Gasteiger partial charge on any atom is 0.313 e. The van der Waals surface area contributed by atoms with Gasteiger partial charge in [-0.1, -0.05) is 34.8 Å². The summed E-state index contributed by atoms with van der Waals surface area (Å²) in [6.45, 7) is 0. The van der Waals surface area contributed by atoms with E-state index in [1.54, 1.807) is 7.05 Å². The van der Waals surface area contributed by atoms with Crippen LogP contribution in [0.15, 0.2) is 18.3 Å². The molecule has 1 aromatic carbocycles. The summed E-state index contributed by atoms with van der Waals surface area (Å²) in [5.74, 6) is 0.0756. The molecule has 0 radical (unpaired) electrons. The van der Waals surface area contributed by atoms with Crippen LogP contribution in [0.4, 0.5) is 11.6 Å². The number of nitro benzene ring substituents is 1. The van der Waals surface area contributed by atoms with E-state index in [1.807, 2.05) is 0 Å². The van der Waals surface area contributed by atoms with Gasteiger partial charge in [0.25, 0.3) is 0 Å². The van der Waals surface area contributed by atoms with Crippen molar-refractivity contribution in [2.75, 3.05) is 12.4 Å². The molecule has 110 valence electrons. The monoisotopic (exact) mass is 348 g/mol. The molecule has 0 saturated heterocycles. The van der Waals surface area contributed by atoms with E-state index in [0.717, 1.165) is 6.07 Å². The normalized spacial score (nSPS) is 10.3. The van der Waals surface area contributed by atoms with E-state index in [1.165, 1.54) is 12.3 Å². The Morgan fingerprint density at radius 3 is 2.52 bits per heavy atom. The number of nitro groups is 1. The van der Waals surface area contributed by atoms with Crippen LogP contribution >= 0.6 is 34.8 Å². The van der Waals surface area contributed by atoms with Crippen LogP contribution in [0.1, 0.15) is 0 Å². The van der Waals surface area contributed by atoms with Gasteiger partial charge in [0, 0.05) is 19.2 Å². The zero-order valence-corrected chi connectivity index (χ0v) is 12.7. The molecule has 0 amide bonds. The second kappa shape index (κ2) is 6.30. The van der Waals surface area contributed by atoms with Crippen molar-refractivity contribution >= 4 is 46.4 Å². The topological polar surface area (TPSA) is 90.2 Å². The number of hydrogen-bond acceptors (Lipinski definition) is 6. The zero-order chi connectivity index (χ0) is 15.6. The number of ether oxygens (including phenoxy) is 1. The molecule has 1 heterocycles. The lowest BCUT2D eigenvalue weighted by Gasteiger charge is -2.09. The summed E-state index contributed by atoms with van der Waals surface area (Å²) in [7, 11) is 1.61. The van der Waals surface area contributed by atoms with E-state index < -0.39 is 4.92 Å². The van der Waals surface area contributed by atoms with Crippen molar-refractivity contribution in [1.82, 2.24) is 9.97 Å². The minimum atomic E-state index is -0.647. The van der Waals surface area contributed by atoms with Gasteiger partial charge in [-0.25, -0.2) is 4.98 Å². The molecule has 0 aliphatic rings. The van der Waals surface area contributed by atoms with Gasteiger partial charge in [0.05, 0.1) is 21.2 Å². The molecule has 0 spiro atoms. The molecular formula is C11H7Cl3N4O3. The summed E-state index contributed by atoms with van der Waals surface area (Å²) in [6.07, 6.45) is 1.30. The molecule has 2 rings (SSSR count). The van der Waals surface area contributed by atoms with Gasteiger partial charge in [-0.2, -0.15) is 4.98 Å². The summed E-state index contributed by atoms with van der Waals surface area (Å²) in [4.78, 5) is 18.2. The van der Waals surface area contributed by atoms with Gasteiger partial charge < -0.3 is 10.1 Å². The minimum Gasteiger partial charge on any atom is -0.430 e. The molecular weight excluding hydrogens is 343 g/mol. The van der Waals surface area contributed by atoms with Crippen LogP contribution in [0.25, 0.3) is 0 Å². The Balaban J connectivity index is 2.48. The number of anilines is 1. The Hall–Kier alpha value is -1.83. The minimum absolute atomic E-state index is 0.0421. The summed E-state index contributed by atoms with van der Waals surface area (Å²) in [5.41, 5.74) is -0.356. The van der Waals surface area contributed by atoms with Crippen LogP contribution in [0.5, 0.6) is 11.6 Å². The summed E-state index contributed by atoms with van der Waals surface area (Å²) >= 11 is 17.5. The lowest BCUT2D eigenvalue weighted by molar-refractivity contribution is -0.385. The molecule has 7 nitrogen and oxygen atoms in total. The number of halogens is 3. The van der Waals surface area contributed by atoms with Crippen LogP contribution < -0.4 is 10.1 Å². The van der Waals surface area contributed by atoms with Crippen LogP contribution in [-0.2, 0) is 0 Å². The van der Waals surface area contributed by atoms with Crippen LogP contribution in [0, 0.1) is 10.1 Å². The first-order chi connectivity index (χ1) is 9.92. The average molecular weight is 350 g/mol. The third kappa shape index (κ3) is 3.44. The van der Waals surface area contributed by atoms with Gasteiger partial charge in [-0.15, -0.1) is 0 Å². The van der Waals surface area contributed by atoms with E-state index in [0.29, 0.717) is 0 Å². The highest BCUT2D eigenvalue weighted by Crippen LogP contribution is 2.39. The van der Waals surface area contributed by atoms with Gasteiger partial charge in [-0.05, 0) is 0 Å². The fraction of sp³-hybridized carbons (Fsp3) is 0.0909. The van der Waals surface area contributed by atoms with Gasteiger partial charge in [0.1, 0.15) is 5.02 Å². The molecule has 0 aliphatic heterocycles. The lowest BCUT2D eigenvalue weighted by atomic mass is 10.3. The van der Waals surface area contributed by atoms with E-state index in [9.17, 15) is 10.1 Å². The van der Waals surface area contributed by atoms with Crippen molar-refractivity contribution in [3.8, 4) is 11.6 Å². The Morgan fingerprint density at radius 2 is 1.90 bits per heavy atom. The van der Waals surface area contributed by atoms with Gasteiger partial charge in [-0.3, -0.25) is 10.1 Å². The molecule has 21 heavy (non-hydrogen) atoms. The molecule has 10 heteroatoms. The molecule has 0 bridgehead atoms. The lowest BCUT2D eigenvalue weighted by Crippen LogP contribution is -2.00. The quantitative estimate of drug-likeness (QED) is 0.658. The highest BCUT2D eigenvalue weighted by Gasteiger charge is 2.20. The number of aromatic nitrogens is 2.